The number of carbonyl (C=O) groups is 3. The molecule has 1 atom stereocenters. The zero-order chi connectivity index (χ0) is 18.0. The summed E-state index contributed by atoms with van der Waals surface area (Å²) in [5, 5.41) is 4.64. The van der Waals surface area contributed by atoms with Crippen molar-refractivity contribution in [3.63, 3.8) is 0 Å². The summed E-state index contributed by atoms with van der Waals surface area (Å²) in [7, 11) is 1.27. The number of primary amides is 1. The van der Waals surface area contributed by atoms with E-state index in [9.17, 15) is 23.2 Å². The van der Waals surface area contributed by atoms with Gasteiger partial charge in [0, 0.05) is 24.4 Å². The molecular formula is C15H16F2N4O3. The first kappa shape index (κ1) is 17.4. The van der Waals surface area contributed by atoms with Crippen molar-refractivity contribution in [2.45, 2.75) is 19.4 Å². The van der Waals surface area contributed by atoms with Crippen molar-refractivity contribution >= 4 is 18.0 Å². The van der Waals surface area contributed by atoms with Crippen molar-refractivity contribution in [3.05, 3.63) is 46.7 Å². The van der Waals surface area contributed by atoms with E-state index in [1.54, 1.807) is 6.92 Å². The lowest BCUT2D eigenvalue weighted by molar-refractivity contribution is -0.115. The number of allylic oxidation sites excluding steroid dienone is 1. The molecule has 7 nitrogen and oxygen atoms in total. The van der Waals surface area contributed by atoms with Crippen molar-refractivity contribution in [2.24, 2.45) is 5.73 Å². The Labute approximate surface area is 136 Å². The van der Waals surface area contributed by atoms with E-state index in [0.29, 0.717) is 11.0 Å². The van der Waals surface area contributed by atoms with E-state index in [1.807, 2.05) is 0 Å². The molecule has 0 aromatic heterocycles. The molecule has 1 heterocycles. The van der Waals surface area contributed by atoms with Gasteiger partial charge in [-0.1, -0.05) is 13.0 Å². The van der Waals surface area contributed by atoms with Gasteiger partial charge >= 0.3 is 12.1 Å². The van der Waals surface area contributed by atoms with Crippen LogP contribution in [0.2, 0.25) is 0 Å². The smallest absolute Gasteiger partial charge is 0.330 e. The Balaban J connectivity index is 2.75. The molecule has 5 amide bonds. The number of benzene rings is 1. The SMILES string of the molecule is CCC1=C(C(N)=O)C(c2ccc(F)cc2F)N(C(=O)NC)C(=O)N1. The molecule has 1 unspecified atom stereocenters. The van der Waals surface area contributed by atoms with Gasteiger partial charge in [-0.3, -0.25) is 4.79 Å². The van der Waals surface area contributed by atoms with Gasteiger partial charge in [0.2, 0.25) is 5.91 Å². The van der Waals surface area contributed by atoms with Crippen LogP contribution in [0.1, 0.15) is 24.9 Å². The first-order valence-electron chi connectivity index (χ1n) is 7.11. The number of urea groups is 2. The van der Waals surface area contributed by atoms with E-state index in [0.717, 1.165) is 12.1 Å². The fraction of sp³-hybridized carbons (Fsp3) is 0.267. The van der Waals surface area contributed by atoms with Gasteiger partial charge in [-0.15, -0.1) is 0 Å². The average molecular weight is 338 g/mol. The molecule has 0 bridgehead atoms. The highest BCUT2D eigenvalue weighted by Crippen LogP contribution is 2.35. The summed E-state index contributed by atoms with van der Waals surface area (Å²) in [6.07, 6.45) is 0.227. The lowest BCUT2D eigenvalue weighted by Crippen LogP contribution is -2.54. The first-order chi connectivity index (χ1) is 11.3. The van der Waals surface area contributed by atoms with E-state index in [4.69, 9.17) is 5.73 Å². The van der Waals surface area contributed by atoms with Gasteiger partial charge in [-0.25, -0.2) is 23.3 Å². The second-order valence-corrected chi connectivity index (χ2v) is 5.03. The van der Waals surface area contributed by atoms with Crippen LogP contribution in [0.4, 0.5) is 18.4 Å². The van der Waals surface area contributed by atoms with Crippen molar-refractivity contribution in [1.29, 1.82) is 0 Å². The van der Waals surface area contributed by atoms with Gasteiger partial charge in [0.25, 0.3) is 0 Å². The van der Waals surface area contributed by atoms with Crippen LogP contribution in [0, 0.1) is 11.6 Å². The zero-order valence-corrected chi connectivity index (χ0v) is 13.0. The second kappa shape index (κ2) is 6.65. The van der Waals surface area contributed by atoms with Crippen LogP contribution < -0.4 is 16.4 Å². The van der Waals surface area contributed by atoms with E-state index >= 15 is 0 Å². The molecule has 1 aliphatic rings. The molecule has 1 aromatic rings. The maximum Gasteiger partial charge on any atom is 0.330 e. The van der Waals surface area contributed by atoms with E-state index in [-0.39, 0.29) is 23.3 Å². The number of carbonyl (C=O) groups excluding carboxylic acids is 3. The maximum absolute atomic E-state index is 14.3. The Hall–Kier alpha value is -2.97. The predicted molar refractivity (Wildman–Crippen MR) is 80.4 cm³/mol. The summed E-state index contributed by atoms with van der Waals surface area (Å²) in [6.45, 7) is 1.66. The Morgan fingerprint density at radius 2 is 2.04 bits per heavy atom. The number of halogens is 2. The quantitative estimate of drug-likeness (QED) is 0.778. The molecule has 1 aliphatic heterocycles. The lowest BCUT2D eigenvalue weighted by atomic mass is 9.92. The number of hydrogen-bond acceptors (Lipinski definition) is 3. The van der Waals surface area contributed by atoms with Crippen LogP contribution in [0.25, 0.3) is 0 Å². The molecule has 0 radical (unpaired) electrons. The number of amides is 5. The Bertz CT molecular complexity index is 748. The Morgan fingerprint density at radius 1 is 1.38 bits per heavy atom. The Kier molecular flexibility index (Phi) is 4.82. The summed E-state index contributed by atoms with van der Waals surface area (Å²) in [4.78, 5) is 36.9. The standard InChI is InChI=1S/C15H16F2N4O3/c1-3-10-11(13(18)22)12(8-5-4-7(16)6-9(8)17)21(14(23)19-2)15(24)20-10/h4-6,12H,3H2,1-2H3,(H2,18,22)(H,19,23)(H,20,24). The monoisotopic (exact) mass is 338 g/mol. The third-order valence-corrected chi connectivity index (χ3v) is 3.64. The summed E-state index contributed by atoms with van der Waals surface area (Å²) in [5.74, 6) is -2.75. The van der Waals surface area contributed by atoms with Gasteiger partial charge < -0.3 is 16.4 Å². The second-order valence-electron chi connectivity index (χ2n) is 5.03. The molecule has 9 heteroatoms. The molecule has 1 aromatic carbocycles. The van der Waals surface area contributed by atoms with Crippen molar-refractivity contribution in [2.75, 3.05) is 7.05 Å². The van der Waals surface area contributed by atoms with Crippen molar-refractivity contribution in [1.82, 2.24) is 15.5 Å². The number of rotatable bonds is 3. The number of nitrogens with zero attached hydrogens (tertiary/aromatic N) is 1. The van der Waals surface area contributed by atoms with Crippen molar-refractivity contribution < 1.29 is 23.2 Å². The molecule has 4 N–H and O–H groups in total. The van der Waals surface area contributed by atoms with Crippen LogP contribution in [0.15, 0.2) is 29.5 Å². The molecule has 24 heavy (non-hydrogen) atoms. The molecule has 0 aliphatic carbocycles. The number of nitrogens with two attached hydrogens (primary N) is 1. The number of imide groups is 1. The normalized spacial score (nSPS) is 17.6. The minimum Gasteiger partial charge on any atom is -0.366 e. The lowest BCUT2D eigenvalue weighted by Gasteiger charge is -2.36. The van der Waals surface area contributed by atoms with Gasteiger partial charge in [0.15, 0.2) is 0 Å². The van der Waals surface area contributed by atoms with E-state index in [1.165, 1.54) is 7.05 Å². The minimum absolute atomic E-state index is 0.133. The molecule has 0 spiro atoms. The van der Waals surface area contributed by atoms with Crippen LogP contribution in [0.3, 0.4) is 0 Å². The molecular weight excluding hydrogens is 322 g/mol. The summed E-state index contributed by atoms with van der Waals surface area (Å²) in [5.41, 5.74) is 5.22. The number of hydrogen-bond donors (Lipinski definition) is 3. The highest BCUT2D eigenvalue weighted by atomic mass is 19.1. The highest BCUT2D eigenvalue weighted by molar-refractivity contribution is 6.02. The molecule has 0 saturated carbocycles. The molecule has 2 rings (SSSR count). The van der Waals surface area contributed by atoms with E-state index in [2.05, 4.69) is 10.6 Å². The van der Waals surface area contributed by atoms with Crippen LogP contribution >= 0.6 is 0 Å². The fourth-order valence-corrected chi connectivity index (χ4v) is 2.58. The third kappa shape index (κ3) is 2.92. The number of nitrogens with one attached hydrogen (secondary N) is 2. The first-order valence-corrected chi connectivity index (χ1v) is 7.11. The van der Waals surface area contributed by atoms with Gasteiger partial charge in [0.05, 0.1) is 5.57 Å². The molecule has 0 saturated heterocycles. The van der Waals surface area contributed by atoms with Gasteiger partial charge in [-0.2, -0.15) is 0 Å². The zero-order valence-electron chi connectivity index (χ0n) is 13.0. The van der Waals surface area contributed by atoms with Crippen LogP contribution in [-0.2, 0) is 4.79 Å². The Morgan fingerprint density at radius 3 is 2.54 bits per heavy atom. The van der Waals surface area contributed by atoms with Gasteiger partial charge in [0.1, 0.15) is 17.7 Å². The third-order valence-electron chi connectivity index (χ3n) is 3.64. The highest BCUT2D eigenvalue weighted by Gasteiger charge is 2.42. The fourth-order valence-electron chi connectivity index (χ4n) is 2.58. The predicted octanol–water partition coefficient (Wildman–Crippen LogP) is 1.52. The minimum atomic E-state index is -1.40. The summed E-state index contributed by atoms with van der Waals surface area (Å²) >= 11 is 0. The maximum atomic E-state index is 14.3. The largest absolute Gasteiger partial charge is 0.366 e. The molecule has 128 valence electrons. The van der Waals surface area contributed by atoms with E-state index < -0.39 is 35.6 Å². The van der Waals surface area contributed by atoms with Crippen LogP contribution in [0.5, 0.6) is 0 Å². The van der Waals surface area contributed by atoms with Gasteiger partial charge in [-0.05, 0) is 12.5 Å². The van der Waals surface area contributed by atoms with Crippen molar-refractivity contribution in [3.8, 4) is 0 Å². The molecule has 0 fully saturated rings. The average Bonchev–Trinajstić information content (AvgIpc) is 2.52. The van der Waals surface area contributed by atoms with Crippen LogP contribution in [-0.4, -0.2) is 29.9 Å². The summed E-state index contributed by atoms with van der Waals surface area (Å²) < 4.78 is 27.5. The summed E-state index contributed by atoms with van der Waals surface area (Å²) in [6, 6.07) is -0.461. The topological polar surface area (TPSA) is 105 Å².